The largest absolute Gasteiger partial charge is 0.462 e. The number of carbonyl (C=O) groups excluding carboxylic acids is 4. The molecular weight excluding hydrogens is 491 g/mol. The van der Waals surface area contributed by atoms with Crippen molar-refractivity contribution in [2.24, 2.45) is 0 Å². The first-order valence-corrected chi connectivity index (χ1v) is 11.5. The number of rotatable bonds is 7. The second-order valence-corrected chi connectivity index (χ2v) is 8.60. The van der Waals surface area contributed by atoms with Crippen LogP contribution in [-0.4, -0.2) is 41.2 Å². The van der Waals surface area contributed by atoms with E-state index in [0.717, 1.165) is 10.5 Å². The molecule has 3 aromatic carbocycles. The van der Waals surface area contributed by atoms with Gasteiger partial charge in [-0.2, -0.15) is 0 Å². The third-order valence-corrected chi connectivity index (χ3v) is 6.23. The number of carbonyl (C=O) groups is 4. The molecule has 0 bridgehead atoms. The zero-order chi connectivity index (χ0) is 25.1. The summed E-state index contributed by atoms with van der Waals surface area (Å²) in [5.41, 5.74) is 1.67. The topological polar surface area (TPSA) is 92.8 Å². The summed E-state index contributed by atoms with van der Waals surface area (Å²) in [5, 5.41) is 3.01. The fourth-order valence-electron chi connectivity index (χ4n) is 3.80. The third kappa shape index (κ3) is 5.06. The minimum Gasteiger partial charge on any atom is -0.462 e. The van der Waals surface area contributed by atoms with Crippen molar-refractivity contribution in [3.63, 3.8) is 0 Å². The van der Waals surface area contributed by atoms with E-state index in [1.54, 1.807) is 43.3 Å². The lowest BCUT2D eigenvalue weighted by molar-refractivity contribution is -0.119. The lowest BCUT2D eigenvalue weighted by Gasteiger charge is -2.25. The van der Waals surface area contributed by atoms with Crippen LogP contribution in [0.2, 0.25) is 10.0 Å². The number of fused-ring (bicyclic) bond motifs is 1. The first kappa shape index (κ1) is 24.4. The van der Waals surface area contributed by atoms with Crippen molar-refractivity contribution in [2.75, 3.05) is 11.9 Å². The molecule has 0 fully saturated rings. The fourth-order valence-corrected chi connectivity index (χ4v) is 4.13. The second kappa shape index (κ2) is 10.3. The monoisotopic (exact) mass is 510 g/mol. The van der Waals surface area contributed by atoms with Crippen LogP contribution in [0.1, 0.15) is 43.6 Å². The van der Waals surface area contributed by atoms with Crippen molar-refractivity contribution >= 4 is 52.6 Å². The van der Waals surface area contributed by atoms with Gasteiger partial charge >= 0.3 is 5.97 Å². The molecule has 0 saturated carbocycles. The maximum atomic E-state index is 13.4. The summed E-state index contributed by atoms with van der Waals surface area (Å²) < 4.78 is 4.97. The number of halogens is 2. The van der Waals surface area contributed by atoms with E-state index in [4.69, 9.17) is 27.9 Å². The van der Waals surface area contributed by atoms with Crippen molar-refractivity contribution < 1.29 is 23.9 Å². The summed E-state index contributed by atoms with van der Waals surface area (Å²) in [6.45, 7) is 1.95. The molecule has 35 heavy (non-hydrogen) atoms. The lowest BCUT2D eigenvalue weighted by Crippen LogP contribution is -2.48. The maximum absolute atomic E-state index is 13.4. The van der Waals surface area contributed by atoms with Crippen molar-refractivity contribution in [1.82, 2.24) is 4.90 Å². The standard InChI is InChI=1S/C26H20Cl2N2O5/c1-2-35-26(34)16-8-10-17(11-9-16)29-23(31)22(12-15-6-4-3-5-7-15)30-24(32)18-13-20(27)21(28)14-19(18)25(30)33/h3-11,13-14,22H,2,12H2,1H3,(H,29,31). The van der Waals surface area contributed by atoms with Gasteiger partial charge in [0.2, 0.25) is 5.91 Å². The minimum absolute atomic E-state index is 0.0917. The Morgan fingerprint density at radius 1 is 0.914 bits per heavy atom. The van der Waals surface area contributed by atoms with Crippen molar-refractivity contribution in [1.29, 1.82) is 0 Å². The van der Waals surface area contributed by atoms with Crippen LogP contribution >= 0.6 is 23.2 Å². The molecule has 0 saturated heterocycles. The van der Waals surface area contributed by atoms with Crippen LogP contribution in [-0.2, 0) is 16.0 Å². The van der Waals surface area contributed by atoms with Crippen molar-refractivity contribution in [3.05, 3.63) is 99.0 Å². The van der Waals surface area contributed by atoms with E-state index < -0.39 is 29.7 Å². The molecule has 178 valence electrons. The Kier molecular flexibility index (Phi) is 7.19. The minimum atomic E-state index is -1.15. The first-order valence-electron chi connectivity index (χ1n) is 10.8. The Bertz CT molecular complexity index is 1270. The van der Waals surface area contributed by atoms with E-state index in [9.17, 15) is 19.2 Å². The van der Waals surface area contributed by atoms with Gasteiger partial charge in [0, 0.05) is 12.1 Å². The highest BCUT2D eigenvalue weighted by Gasteiger charge is 2.43. The van der Waals surface area contributed by atoms with E-state index in [1.807, 2.05) is 6.07 Å². The van der Waals surface area contributed by atoms with Gasteiger partial charge in [-0.25, -0.2) is 4.79 Å². The van der Waals surface area contributed by atoms with Gasteiger partial charge in [-0.1, -0.05) is 53.5 Å². The molecule has 1 N–H and O–H groups in total. The van der Waals surface area contributed by atoms with Gasteiger partial charge in [-0.15, -0.1) is 0 Å². The predicted molar refractivity (Wildman–Crippen MR) is 132 cm³/mol. The van der Waals surface area contributed by atoms with E-state index in [-0.39, 0.29) is 34.2 Å². The van der Waals surface area contributed by atoms with Crippen LogP contribution in [0.3, 0.4) is 0 Å². The Morgan fingerprint density at radius 2 is 1.49 bits per heavy atom. The summed E-state index contributed by atoms with van der Waals surface area (Å²) in [6, 6.07) is 16.7. The molecule has 0 aromatic heterocycles. The number of hydrogen-bond acceptors (Lipinski definition) is 5. The molecule has 7 nitrogen and oxygen atoms in total. The first-order chi connectivity index (χ1) is 16.8. The number of imide groups is 1. The maximum Gasteiger partial charge on any atom is 0.338 e. The van der Waals surface area contributed by atoms with E-state index in [2.05, 4.69) is 5.32 Å². The summed E-state index contributed by atoms with van der Waals surface area (Å²) in [6.07, 6.45) is 0.0977. The van der Waals surface area contributed by atoms with Crippen LogP contribution in [0.15, 0.2) is 66.7 Å². The molecule has 1 heterocycles. The summed E-state index contributed by atoms with van der Waals surface area (Å²) >= 11 is 12.1. The second-order valence-electron chi connectivity index (χ2n) is 7.78. The summed E-state index contributed by atoms with van der Waals surface area (Å²) in [4.78, 5) is 52.6. The van der Waals surface area contributed by atoms with Crippen molar-refractivity contribution in [2.45, 2.75) is 19.4 Å². The number of esters is 1. The number of nitrogens with one attached hydrogen (secondary N) is 1. The zero-order valence-electron chi connectivity index (χ0n) is 18.6. The average molecular weight is 511 g/mol. The normalized spacial score (nSPS) is 13.4. The molecule has 1 aliphatic heterocycles. The van der Waals surface area contributed by atoms with Gasteiger partial charge in [-0.3, -0.25) is 19.3 Å². The van der Waals surface area contributed by atoms with Gasteiger partial charge in [0.25, 0.3) is 11.8 Å². The Hall–Kier alpha value is -3.68. The van der Waals surface area contributed by atoms with E-state index >= 15 is 0 Å². The van der Waals surface area contributed by atoms with E-state index in [0.29, 0.717) is 11.3 Å². The molecule has 3 aromatic rings. The fraction of sp³-hybridized carbons (Fsp3) is 0.154. The number of anilines is 1. The molecule has 1 aliphatic rings. The van der Waals surface area contributed by atoms with Gasteiger partial charge in [0.15, 0.2) is 0 Å². The summed E-state index contributed by atoms with van der Waals surface area (Å²) in [7, 11) is 0. The summed E-state index contributed by atoms with van der Waals surface area (Å²) in [5.74, 6) is -2.30. The van der Waals surface area contributed by atoms with Gasteiger partial charge in [-0.05, 0) is 48.9 Å². The predicted octanol–water partition coefficient (Wildman–Crippen LogP) is 5.02. The van der Waals surface area contributed by atoms with Gasteiger partial charge in [0.1, 0.15) is 6.04 Å². The number of nitrogens with zero attached hydrogens (tertiary/aromatic N) is 1. The average Bonchev–Trinajstić information content (AvgIpc) is 3.08. The Morgan fingerprint density at radius 3 is 2.03 bits per heavy atom. The SMILES string of the molecule is CCOC(=O)c1ccc(NC(=O)C(Cc2ccccc2)N2C(=O)c3cc(Cl)c(Cl)cc3C2=O)cc1. The smallest absolute Gasteiger partial charge is 0.338 e. The number of benzene rings is 3. The number of amides is 3. The zero-order valence-corrected chi connectivity index (χ0v) is 20.1. The van der Waals surface area contributed by atoms with Gasteiger partial charge in [0.05, 0.1) is 33.3 Å². The molecule has 0 aliphatic carbocycles. The highest BCUT2D eigenvalue weighted by Crippen LogP contribution is 2.33. The molecule has 4 rings (SSSR count). The Labute approximate surface area is 211 Å². The molecule has 1 unspecified atom stereocenters. The highest BCUT2D eigenvalue weighted by atomic mass is 35.5. The van der Waals surface area contributed by atoms with Crippen LogP contribution in [0.4, 0.5) is 5.69 Å². The van der Waals surface area contributed by atoms with Crippen molar-refractivity contribution in [3.8, 4) is 0 Å². The lowest BCUT2D eigenvalue weighted by atomic mass is 10.0. The number of ether oxygens (including phenoxy) is 1. The van der Waals surface area contributed by atoms with E-state index in [1.165, 1.54) is 24.3 Å². The Balaban J connectivity index is 1.63. The molecule has 0 radical (unpaired) electrons. The number of hydrogen-bond donors (Lipinski definition) is 1. The molecule has 3 amide bonds. The molecule has 0 spiro atoms. The third-order valence-electron chi connectivity index (χ3n) is 5.51. The van der Waals surface area contributed by atoms with Crippen LogP contribution in [0.5, 0.6) is 0 Å². The van der Waals surface area contributed by atoms with Crippen LogP contribution in [0.25, 0.3) is 0 Å². The molecule has 1 atom stereocenters. The highest BCUT2D eigenvalue weighted by molar-refractivity contribution is 6.43. The van der Waals surface area contributed by atoms with Gasteiger partial charge < -0.3 is 10.1 Å². The van der Waals surface area contributed by atoms with Crippen LogP contribution in [0, 0.1) is 0 Å². The molecule has 9 heteroatoms. The molecular formula is C26H20Cl2N2O5. The quantitative estimate of drug-likeness (QED) is 0.356. The van der Waals surface area contributed by atoms with Crippen LogP contribution < -0.4 is 5.32 Å².